The highest BCUT2D eigenvalue weighted by atomic mass is 15.0. The minimum atomic E-state index is -0.545. The maximum absolute atomic E-state index is 5.40. The van der Waals surface area contributed by atoms with Crippen molar-refractivity contribution in [1.82, 2.24) is 15.0 Å². The van der Waals surface area contributed by atoms with Gasteiger partial charge >= 0.3 is 0 Å². The molecule has 1 aliphatic carbocycles. The van der Waals surface area contributed by atoms with Crippen molar-refractivity contribution in [2.75, 3.05) is 0 Å². The van der Waals surface area contributed by atoms with E-state index in [1.807, 2.05) is 0 Å². The molecule has 61 heavy (non-hydrogen) atoms. The van der Waals surface area contributed by atoms with Gasteiger partial charge in [-0.1, -0.05) is 200 Å². The van der Waals surface area contributed by atoms with Crippen molar-refractivity contribution < 1.29 is 0 Å². The number of hydrogen-bond donors (Lipinski definition) is 0. The lowest BCUT2D eigenvalue weighted by Gasteiger charge is -2.34. The average Bonchev–Trinajstić information content (AvgIpc) is 3.64. The fourth-order valence-corrected chi connectivity index (χ4v) is 9.77. The van der Waals surface area contributed by atoms with Crippen LogP contribution in [-0.2, 0) is 5.41 Å². The Morgan fingerprint density at radius 3 is 1.38 bits per heavy atom. The van der Waals surface area contributed by atoms with Gasteiger partial charge < -0.3 is 0 Å². The fraction of sp³-hybridized carbons (Fsp3) is 0.0172. The van der Waals surface area contributed by atoms with Gasteiger partial charge in [-0.15, -0.1) is 0 Å². The van der Waals surface area contributed by atoms with Gasteiger partial charge in [0.2, 0.25) is 0 Å². The van der Waals surface area contributed by atoms with Gasteiger partial charge in [-0.3, -0.25) is 0 Å². The fourth-order valence-electron chi connectivity index (χ4n) is 9.77. The summed E-state index contributed by atoms with van der Waals surface area (Å²) in [4.78, 5) is 16.0. The van der Waals surface area contributed by atoms with Crippen molar-refractivity contribution in [1.29, 1.82) is 0 Å². The summed E-state index contributed by atoms with van der Waals surface area (Å²) in [5, 5.41) is 7.00. The molecule has 12 rings (SSSR count). The van der Waals surface area contributed by atoms with Crippen molar-refractivity contribution in [3.05, 3.63) is 247 Å². The molecule has 0 aliphatic heterocycles. The van der Waals surface area contributed by atoms with Gasteiger partial charge in [-0.2, -0.15) is 0 Å². The third kappa shape index (κ3) is 5.62. The van der Waals surface area contributed by atoms with Gasteiger partial charge in [0.15, 0.2) is 17.5 Å². The molecule has 0 radical (unpaired) electrons. The molecule has 0 N–H and O–H groups in total. The molecule has 0 spiro atoms. The van der Waals surface area contributed by atoms with Crippen molar-refractivity contribution in [3.8, 4) is 56.4 Å². The summed E-state index contributed by atoms with van der Waals surface area (Å²) in [6.07, 6.45) is 0. The summed E-state index contributed by atoms with van der Waals surface area (Å²) in [6.45, 7) is 0. The van der Waals surface area contributed by atoms with Crippen LogP contribution in [0.5, 0.6) is 0 Å². The number of nitrogens with zero attached hydrogens (tertiary/aromatic N) is 3. The predicted octanol–water partition coefficient (Wildman–Crippen LogP) is 14.4. The first-order valence-electron chi connectivity index (χ1n) is 20.8. The second-order valence-corrected chi connectivity index (χ2v) is 15.9. The van der Waals surface area contributed by atoms with E-state index in [9.17, 15) is 0 Å². The Labute approximate surface area is 354 Å². The Morgan fingerprint density at radius 1 is 0.262 bits per heavy atom. The normalized spacial score (nSPS) is 12.7. The first-order valence-corrected chi connectivity index (χ1v) is 20.8. The quantitative estimate of drug-likeness (QED) is 0.169. The Balaban J connectivity index is 1.09. The minimum Gasteiger partial charge on any atom is -0.208 e. The number of aromatic nitrogens is 3. The Bertz CT molecular complexity index is 3440. The third-order valence-electron chi connectivity index (χ3n) is 12.6. The van der Waals surface area contributed by atoms with Gasteiger partial charge in [0.25, 0.3) is 0 Å². The molecular formula is C58H37N3. The average molecular weight is 776 g/mol. The van der Waals surface area contributed by atoms with Crippen LogP contribution in [0.15, 0.2) is 224 Å². The van der Waals surface area contributed by atoms with Crippen molar-refractivity contribution >= 4 is 32.3 Å². The van der Waals surface area contributed by atoms with Crippen LogP contribution < -0.4 is 0 Å². The van der Waals surface area contributed by atoms with Gasteiger partial charge in [0, 0.05) is 16.7 Å². The molecule has 0 saturated carbocycles. The molecule has 3 nitrogen and oxygen atoms in total. The molecule has 0 saturated heterocycles. The zero-order valence-electron chi connectivity index (χ0n) is 33.2. The smallest absolute Gasteiger partial charge is 0.164 e. The molecule has 284 valence electrons. The maximum atomic E-state index is 5.40. The summed E-state index contributed by atoms with van der Waals surface area (Å²) in [5.41, 5.74) is 12.0. The summed E-state index contributed by atoms with van der Waals surface area (Å²) < 4.78 is 0. The van der Waals surface area contributed by atoms with Crippen LogP contribution in [0.1, 0.15) is 22.3 Å². The SMILES string of the molecule is c1ccc(C2(c3ccccc3)c3ccccc3-c3ccc(-c4nc(-c5ccc6ccccc6c5)nc(-c5ccc(-c6ccc7ccccc7c6)c6ccccc56)n4)cc32)cc1. The van der Waals surface area contributed by atoms with Crippen molar-refractivity contribution in [2.45, 2.75) is 5.41 Å². The number of fused-ring (bicyclic) bond motifs is 6. The first kappa shape index (κ1) is 35.0. The standard InChI is InChI=1S/C58H37N3/c1-3-19-45(20-4-1)58(46-21-5-2-6-22-46)53-26-14-13-25-50(53)51-32-31-44(37-54(51)58)56-59-55(43-30-28-39-16-8-10-18-41(39)36-43)60-57(61-56)52-34-33-47(48-23-11-12-24-49(48)52)42-29-27-38-15-7-9-17-40(38)35-42/h1-37H. The zero-order valence-corrected chi connectivity index (χ0v) is 33.2. The molecule has 3 heteroatoms. The van der Waals surface area contributed by atoms with Crippen LogP contribution in [0.2, 0.25) is 0 Å². The van der Waals surface area contributed by atoms with E-state index >= 15 is 0 Å². The Morgan fingerprint density at radius 2 is 0.705 bits per heavy atom. The topological polar surface area (TPSA) is 38.7 Å². The highest BCUT2D eigenvalue weighted by Crippen LogP contribution is 2.56. The molecule has 0 atom stereocenters. The molecule has 0 fully saturated rings. The third-order valence-corrected chi connectivity index (χ3v) is 12.6. The van der Waals surface area contributed by atoms with E-state index < -0.39 is 5.41 Å². The minimum absolute atomic E-state index is 0.545. The highest BCUT2D eigenvalue weighted by molar-refractivity contribution is 6.05. The molecular weight excluding hydrogens is 739 g/mol. The maximum Gasteiger partial charge on any atom is 0.164 e. The monoisotopic (exact) mass is 775 g/mol. The van der Waals surface area contributed by atoms with E-state index in [0.717, 1.165) is 32.8 Å². The second-order valence-electron chi connectivity index (χ2n) is 15.9. The zero-order chi connectivity index (χ0) is 40.3. The summed E-state index contributed by atoms with van der Waals surface area (Å²) in [6, 6.07) is 80.6. The van der Waals surface area contributed by atoms with Crippen LogP contribution in [-0.4, -0.2) is 15.0 Å². The molecule has 0 unspecified atom stereocenters. The number of benzene rings is 10. The van der Waals surface area contributed by atoms with Crippen LogP contribution in [0.4, 0.5) is 0 Å². The number of rotatable bonds is 6. The van der Waals surface area contributed by atoms with Gasteiger partial charge in [-0.05, 0) is 101 Å². The lowest BCUT2D eigenvalue weighted by Crippen LogP contribution is -2.28. The van der Waals surface area contributed by atoms with Gasteiger partial charge in [0.1, 0.15) is 0 Å². The van der Waals surface area contributed by atoms with Crippen LogP contribution >= 0.6 is 0 Å². The second kappa shape index (κ2) is 14.1. The van der Waals surface area contributed by atoms with Crippen molar-refractivity contribution in [3.63, 3.8) is 0 Å². The lowest BCUT2D eigenvalue weighted by atomic mass is 9.67. The van der Waals surface area contributed by atoms with E-state index in [0.29, 0.717) is 17.5 Å². The van der Waals surface area contributed by atoms with E-state index in [2.05, 4.69) is 224 Å². The van der Waals surface area contributed by atoms with Gasteiger partial charge in [0.05, 0.1) is 5.41 Å². The summed E-state index contributed by atoms with van der Waals surface area (Å²) >= 11 is 0. The van der Waals surface area contributed by atoms with Gasteiger partial charge in [-0.25, -0.2) is 15.0 Å². The predicted molar refractivity (Wildman–Crippen MR) is 251 cm³/mol. The Kier molecular flexibility index (Phi) is 8.07. The number of hydrogen-bond acceptors (Lipinski definition) is 3. The van der Waals surface area contributed by atoms with Crippen LogP contribution in [0.3, 0.4) is 0 Å². The largest absolute Gasteiger partial charge is 0.208 e. The molecule has 1 aliphatic rings. The van der Waals surface area contributed by atoms with E-state index in [1.54, 1.807) is 0 Å². The Hall–Kier alpha value is -8.01. The molecule has 1 aromatic heterocycles. The first-order chi connectivity index (χ1) is 30.2. The van der Waals surface area contributed by atoms with E-state index in [1.165, 1.54) is 60.7 Å². The summed E-state index contributed by atoms with van der Waals surface area (Å²) in [7, 11) is 0. The molecule has 0 amide bonds. The molecule has 0 bridgehead atoms. The summed E-state index contributed by atoms with van der Waals surface area (Å²) in [5.74, 6) is 1.90. The van der Waals surface area contributed by atoms with E-state index in [4.69, 9.17) is 15.0 Å². The highest BCUT2D eigenvalue weighted by Gasteiger charge is 2.46. The molecule has 1 heterocycles. The van der Waals surface area contributed by atoms with Crippen LogP contribution in [0, 0.1) is 0 Å². The molecule has 11 aromatic rings. The van der Waals surface area contributed by atoms with E-state index in [-0.39, 0.29) is 0 Å². The van der Waals surface area contributed by atoms with Crippen LogP contribution in [0.25, 0.3) is 88.7 Å². The molecule has 10 aromatic carbocycles. The lowest BCUT2D eigenvalue weighted by molar-refractivity contribution is 0.768. The van der Waals surface area contributed by atoms with Crippen molar-refractivity contribution in [2.24, 2.45) is 0 Å².